The number of ether oxygens (including phenoxy) is 1. The lowest BCUT2D eigenvalue weighted by molar-refractivity contribution is 0.204. The van der Waals surface area contributed by atoms with Crippen molar-refractivity contribution < 1.29 is 13.2 Å². The number of guanidine groups is 1. The van der Waals surface area contributed by atoms with Crippen molar-refractivity contribution in [3.63, 3.8) is 0 Å². The number of hydrogen-bond acceptors (Lipinski definition) is 4. The maximum atomic E-state index is 11.4. The summed E-state index contributed by atoms with van der Waals surface area (Å²) in [6, 6.07) is 0. The van der Waals surface area contributed by atoms with Gasteiger partial charge in [-0.2, -0.15) is 0 Å². The largest absolute Gasteiger partial charge is 0.383 e. The second-order valence-electron chi connectivity index (χ2n) is 4.15. The fourth-order valence-electron chi connectivity index (χ4n) is 0.730. The minimum absolute atomic E-state index is 0.137. The number of nitrogens with two attached hydrogens (primary N) is 1. The average molecular weight is 251 g/mol. The summed E-state index contributed by atoms with van der Waals surface area (Å²) in [5.41, 5.74) is 5.55. The van der Waals surface area contributed by atoms with Gasteiger partial charge in [-0.15, -0.1) is 0 Å². The molecule has 0 amide bonds. The summed E-state index contributed by atoms with van der Waals surface area (Å²) in [5.74, 6) is 0.230. The maximum Gasteiger partial charge on any atom is 0.188 e. The van der Waals surface area contributed by atoms with Crippen LogP contribution >= 0.6 is 0 Å². The number of sulfone groups is 1. The summed E-state index contributed by atoms with van der Waals surface area (Å²) < 4.78 is 26.7. The molecule has 0 aromatic carbocycles. The van der Waals surface area contributed by atoms with Gasteiger partial charge in [0.15, 0.2) is 15.8 Å². The van der Waals surface area contributed by atoms with E-state index in [9.17, 15) is 8.42 Å². The SMILES string of the molecule is COCCNC(N)=NCC(C)(C)S(C)(=O)=O. The van der Waals surface area contributed by atoms with Gasteiger partial charge < -0.3 is 15.8 Å². The molecule has 0 saturated heterocycles. The van der Waals surface area contributed by atoms with Crippen molar-refractivity contribution in [1.82, 2.24) is 5.32 Å². The Kier molecular flexibility index (Phi) is 5.74. The van der Waals surface area contributed by atoms with Crippen molar-refractivity contribution in [2.24, 2.45) is 10.7 Å². The van der Waals surface area contributed by atoms with Crippen LogP contribution in [0.2, 0.25) is 0 Å². The Balaban J connectivity index is 4.26. The van der Waals surface area contributed by atoms with E-state index in [-0.39, 0.29) is 12.5 Å². The molecule has 0 atom stereocenters. The van der Waals surface area contributed by atoms with Crippen LogP contribution < -0.4 is 11.1 Å². The molecule has 0 aliphatic rings. The molecular formula is C9H21N3O3S. The predicted octanol–water partition coefficient (Wildman–Crippen LogP) is -0.640. The number of methoxy groups -OCH3 is 1. The van der Waals surface area contributed by atoms with E-state index in [1.54, 1.807) is 21.0 Å². The topological polar surface area (TPSA) is 93.8 Å². The smallest absolute Gasteiger partial charge is 0.188 e. The standard InChI is InChI=1S/C9H21N3O3S/c1-9(2,16(4,13)14)7-12-8(10)11-5-6-15-3/h5-7H2,1-4H3,(H3,10,11,12). The van der Waals surface area contributed by atoms with Gasteiger partial charge in [-0.25, -0.2) is 8.42 Å². The quantitative estimate of drug-likeness (QED) is 0.372. The van der Waals surface area contributed by atoms with Gasteiger partial charge in [0.05, 0.1) is 17.9 Å². The zero-order valence-electron chi connectivity index (χ0n) is 10.3. The van der Waals surface area contributed by atoms with Crippen LogP contribution in [0.5, 0.6) is 0 Å². The van der Waals surface area contributed by atoms with Gasteiger partial charge in [0.2, 0.25) is 0 Å². The van der Waals surface area contributed by atoms with E-state index in [1.165, 1.54) is 6.26 Å². The molecule has 0 aromatic heterocycles. The van der Waals surface area contributed by atoms with Gasteiger partial charge >= 0.3 is 0 Å². The van der Waals surface area contributed by atoms with E-state index >= 15 is 0 Å². The van der Waals surface area contributed by atoms with Gasteiger partial charge in [0.25, 0.3) is 0 Å². The molecule has 0 saturated carbocycles. The van der Waals surface area contributed by atoms with Crippen LogP contribution in [0, 0.1) is 0 Å². The van der Waals surface area contributed by atoms with Gasteiger partial charge in [-0.3, -0.25) is 4.99 Å². The molecule has 0 radical (unpaired) electrons. The molecule has 3 N–H and O–H groups in total. The van der Waals surface area contributed by atoms with Crippen molar-refractivity contribution in [2.45, 2.75) is 18.6 Å². The highest BCUT2D eigenvalue weighted by Crippen LogP contribution is 2.14. The number of hydrogen-bond donors (Lipinski definition) is 2. The first kappa shape index (κ1) is 15.2. The van der Waals surface area contributed by atoms with Crippen molar-refractivity contribution in [2.75, 3.05) is 33.1 Å². The Morgan fingerprint density at radius 3 is 2.50 bits per heavy atom. The van der Waals surface area contributed by atoms with E-state index in [0.717, 1.165) is 0 Å². The van der Waals surface area contributed by atoms with Gasteiger partial charge in [-0.05, 0) is 13.8 Å². The molecule has 0 fully saturated rings. The first-order chi connectivity index (χ1) is 7.20. The molecular weight excluding hydrogens is 230 g/mol. The zero-order chi connectivity index (χ0) is 12.8. The van der Waals surface area contributed by atoms with Crippen molar-refractivity contribution in [1.29, 1.82) is 0 Å². The first-order valence-corrected chi connectivity index (χ1v) is 6.82. The number of nitrogens with zero attached hydrogens (tertiary/aromatic N) is 1. The van der Waals surface area contributed by atoms with Gasteiger partial charge in [-0.1, -0.05) is 0 Å². The van der Waals surface area contributed by atoms with E-state index in [2.05, 4.69) is 10.3 Å². The molecule has 0 rings (SSSR count). The van der Waals surface area contributed by atoms with E-state index < -0.39 is 14.6 Å². The van der Waals surface area contributed by atoms with Crippen LogP contribution in [-0.2, 0) is 14.6 Å². The van der Waals surface area contributed by atoms with Gasteiger partial charge in [0, 0.05) is 19.9 Å². The Labute approximate surface area is 97.2 Å². The first-order valence-electron chi connectivity index (χ1n) is 4.93. The highest BCUT2D eigenvalue weighted by molar-refractivity contribution is 7.92. The van der Waals surface area contributed by atoms with E-state index in [1.807, 2.05) is 0 Å². The van der Waals surface area contributed by atoms with Crippen molar-refractivity contribution >= 4 is 15.8 Å². The minimum Gasteiger partial charge on any atom is -0.383 e. The van der Waals surface area contributed by atoms with Crippen LogP contribution in [0.3, 0.4) is 0 Å². The molecule has 0 aliphatic carbocycles. The molecule has 0 heterocycles. The predicted molar refractivity (Wildman–Crippen MR) is 65.3 cm³/mol. The Hall–Kier alpha value is -0.820. The molecule has 16 heavy (non-hydrogen) atoms. The zero-order valence-corrected chi connectivity index (χ0v) is 11.1. The molecule has 96 valence electrons. The van der Waals surface area contributed by atoms with Crippen LogP contribution in [-0.4, -0.2) is 52.2 Å². The van der Waals surface area contributed by atoms with Crippen LogP contribution in [0.1, 0.15) is 13.8 Å². The second kappa shape index (κ2) is 6.05. The Morgan fingerprint density at radius 2 is 2.06 bits per heavy atom. The fourth-order valence-corrected chi connectivity index (χ4v) is 1.03. The summed E-state index contributed by atoms with van der Waals surface area (Å²) >= 11 is 0. The van der Waals surface area contributed by atoms with E-state index in [0.29, 0.717) is 13.2 Å². The summed E-state index contributed by atoms with van der Waals surface area (Å²) in [6.45, 7) is 4.44. The summed E-state index contributed by atoms with van der Waals surface area (Å²) in [5, 5.41) is 2.82. The highest BCUT2D eigenvalue weighted by Gasteiger charge is 2.29. The summed E-state index contributed by atoms with van der Waals surface area (Å²) in [7, 11) is -1.55. The molecule has 0 aliphatic heterocycles. The fraction of sp³-hybridized carbons (Fsp3) is 0.889. The van der Waals surface area contributed by atoms with Crippen LogP contribution in [0.4, 0.5) is 0 Å². The average Bonchev–Trinajstić information content (AvgIpc) is 2.13. The monoisotopic (exact) mass is 251 g/mol. The number of aliphatic imine (C=N–C) groups is 1. The van der Waals surface area contributed by atoms with Gasteiger partial charge in [0.1, 0.15) is 0 Å². The maximum absolute atomic E-state index is 11.4. The lowest BCUT2D eigenvalue weighted by Crippen LogP contribution is -2.38. The third-order valence-electron chi connectivity index (χ3n) is 2.25. The third-order valence-corrected chi connectivity index (χ3v) is 4.38. The molecule has 0 spiro atoms. The molecule has 0 aromatic rings. The van der Waals surface area contributed by atoms with E-state index in [4.69, 9.17) is 10.5 Å². The van der Waals surface area contributed by atoms with Crippen LogP contribution in [0.15, 0.2) is 4.99 Å². The molecule has 6 nitrogen and oxygen atoms in total. The molecule has 7 heteroatoms. The Morgan fingerprint density at radius 1 is 1.50 bits per heavy atom. The third kappa shape index (κ3) is 5.32. The molecule has 0 unspecified atom stereocenters. The number of rotatable bonds is 6. The summed E-state index contributed by atoms with van der Waals surface area (Å²) in [4.78, 5) is 3.98. The highest BCUT2D eigenvalue weighted by atomic mass is 32.2. The number of nitrogens with one attached hydrogen (secondary N) is 1. The Bertz CT molecular complexity index is 336. The second-order valence-corrected chi connectivity index (χ2v) is 6.80. The lowest BCUT2D eigenvalue weighted by Gasteiger charge is -2.20. The van der Waals surface area contributed by atoms with Crippen molar-refractivity contribution in [3.05, 3.63) is 0 Å². The van der Waals surface area contributed by atoms with Crippen LogP contribution in [0.25, 0.3) is 0 Å². The summed E-state index contributed by atoms with van der Waals surface area (Å²) in [6.07, 6.45) is 1.19. The minimum atomic E-state index is -3.14. The van der Waals surface area contributed by atoms with Crippen molar-refractivity contribution in [3.8, 4) is 0 Å². The normalized spacial score (nSPS) is 13.9. The lowest BCUT2D eigenvalue weighted by atomic mass is 10.2. The molecule has 0 bridgehead atoms.